The van der Waals surface area contributed by atoms with Gasteiger partial charge < -0.3 is 39.0 Å². The van der Waals surface area contributed by atoms with Crippen molar-refractivity contribution in [2.45, 2.75) is 38.8 Å². The lowest BCUT2D eigenvalue weighted by atomic mass is 10.0. The minimum absolute atomic E-state index is 0.00160. The highest BCUT2D eigenvalue weighted by molar-refractivity contribution is 7.53. The summed E-state index contributed by atoms with van der Waals surface area (Å²) in [6, 6.07) is 8.63. The van der Waals surface area contributed by atoms with E-state index in [1.807, 2.05) is 6.07 Å². The van der Waals surface area contributed by atoms with Crippen molar-refractivity contribution in [2.24, 2.45) is 0 Å². The molecule has 0 saturated carbocycles. The molecule has 1 unspecified atom stereocenters. The number of anilines is 5. The monoisotopic (exact) mass is 719 g/mol. The molecule has 13 nitrogen and oxygen atoms in total. The number of ether oxygens (including phenoxy) is 2. The van der Waals surface area contributed by atoms with Crippen molar-refractivity contribution >= 4 is 42.3 Å². The van der Waals surface area contributed by atoms with E-state index in [1.54, 1.807) is 50.1 Å². The molecule has 2 N–H and O–H groups in total. The number of hydrogen-bond acceptors (Lipinski definition) is 12. The molecule has 2 aromatic carbocycles. The lowest BCUT2D eigenvalue weighted by molar-refractivity contribution is -0.137. The van der Waals surface area contributed by atoms with Gasteiger partial charge in [-0.05, 0) is 43.7 Å². The molecule has 1 amide bonds. The Kier molecular flexibility index (Phi) is 10.6. The molecule has 0 radical (unpaired) electrons. The third kappa shape index (κ3) is 7.54. The number of aromatic nitrogens is 2. The molecule has 270 valence electrons. The average molecular weight is 720 g/mol. The first-order valence-corrected chi connectivity index (χ1v) is 18.2. The number of rotatable bonds is 12. The van der Waals surface area contributed by atoms with E-state index in [9.17, 15) is 22.5 Å². The summed E-state index contributed by atoms with van der Waals surface area (Å²) < 4.78 is 77.9. The predicted octanol–water partition coefficient (Wildman–Crippen LogP) is 5.86. The van der Waals surface area contributed by atoms with Crippen LogP contribution in [0, 0.1) is 0 Å². The Bertz CT molecular complexity index is 1770. The molecule has 2 fully saturated rings. The number of morpholine rings is 1. The van der Waals surface area contributed by atoms with Gasteiger partial charge >= 0.3 is 13.8 Å². The maximum Gasteiger partial charge on any atom is 0.421 e. The van der Waals surface area contributed by atoms with Gasteiger partial charge in [0.15, 0.2) is 0 Å². The summed E-state index contributed by atoms with van der Waals surface area (Å²) >= 11 is 0. The third-order valence-corrected chi connectivity index (χ3v) is 11.0. The number of fused-ring (bicyclic) bond motifs is 2. The molecule has 50 heavy (non-hydrogen) atoms. The maximum absolute atomic E-state index is 14.3. The van der Waals surface area contributed by atoms with E-state index in [4.69, 9.17) is 18.5 Å². The molecule has 1 aromatic heterocycles. The van der Waals surface area contributed by atoms with Gasteiger partial charge in [0.05, 0.1) is 62.7 Å². The van der Waals surface area contributed by atoms with Crippen LogP contribution in [0.3, 0.4) is 0 Å². The second-order valence-corrected chi connectivity index (χ2v) is 14.3. The summed E-state index contributed by atoms with van der Waals surface area (Å²) in [5, 5.41) is 5.75. The van der Waals surface area contributed by atoms with Crippen LogP contribution in [0.25, 0.3) is 0 Å². The largest absolute Gasteiger partial charge is 0.495 e. The number of carbonyl (C=O) groups excluding carboxylic acids is 1. The van der Waals surface area contributed by atoms with Gasteiger partial charge in [-0.3, -0.25) is 14.3 Å². The number of benzene rings is 2. The molecule has 3 aromatic rings. The van der Waals surface area contributed by atoms with Crippen LogP contribution in [0.2, 0.25) is 0 Å². The Balaban J connectivity index is 1.29. The zero-order chi connectivity index (χ0) is 35.6. The van der Waals surface area contributed by atoms with Crippen molar-refractivity contribution in [1.29, 1.82) is 0 Å². The first-order valence-electron chi connectivity index (χ1n) is 16.4. The smallest absolute Gasteiger partial charge is 0.421 e. The summed E-state index contributed by atoms with van der Waals surface area (Å²) in [5.74, 6) is -0.661. The summed E-state index contributed by atoms with van der Waals surface area (Å²) in [5.41, 5.74) is 2.01. The van der Waals surface area contributed by atoms with E-state index < -0.39 is 25.2 Å². The molecule has 3 aliphatic rings. The minimum Gasteiger partial charge on any atom is -0.495 e. The van der Waals surface area contributed by atoms with E-state index in [0.717, 1.165) is 37.4 Å². The van der Waals surface area contributed by atoms with Crippen LogP contribution < -0.4 is 20.3 Å². The summed E-state index contributed by atoms with van der Waals surface area (Å²) in [6.07, 6.45) is -4.10. The first-order chi connectivity index (χ1) is 23.9. The summed E-state index contributed by atoms with van der Waals surface area (Å²) in [6.45, 7) is 8.73. The zero-order valence-corrected chi connectivity index (χ0v) is 29.3. The van der Waals surface area contributed by atoms with Crippen LogP contribution in [0.15, 0.2) is 36.5 Å². The Hall–Kier alpha value is -3.95. The van der Waals surface area contributed by atoms with Crippen LogP contribution in [-0.2, 0) is 37.2 Å². The number of hydrogen-bond donors (Lipinski definition) is 2. The van der Waals surface area contributed by atoms with Crippen molar-refractivity contribution < 1.29 is 41.1 Å². The zero-order valence-electron chi connectivity index (χ0n) is 28.4. The SMILES string of the molecule is CCOP(=O)(Cc1ccc(Nc2ncc(C(F)(F)F)c(Nc3ccc(N4CCN5CCOCC5C4)c4c3C(=O)N(C)C4)n2)c(OC)c1)OCC. The fraction of sp³-hybridized carbons (Fsp3) is 0.485. The van der Waals surface area contributed by atoms with Crippen LogP contribution >= 0.6 is 7.60 Å². The van der Waals surface area contributed by atoms with Crippen LogP contribution in [-0.4, -0.2) is 98.5 Å². The lowest BCUT2D eigenvalue weighted by Crippen LogP contribution is -2.58. The molecular weight excluding hydrogens is 678 g/mol. The van der Waals surface area contributed by atoms with Gasteiger partial charge in [-0.15, -0.1) is 0 Å². The second-order valence-electron chi connectivity index (χ2n) is 12.2. The molecule has 0 bridgehead atoms. The van der Waals surface area contributed by atoms with Gasteiger partial charge in [0, 0.05) is 57.2 Å². The third-order valence-electron chi connectivity index (χ3n) is 8.91. The Morgan fingerprint density at radius 1 is 1.06 bits per heavy atom. The number of carbonyl (C=O) groups is 1. The van der Waals surface area contributed by atoms with E-state index in [-0.39, 0.29) is 43.0 Å². The normalized spacial score (nSPS) is 18.2. The number of piperazine rings is 1. The molecule has 1 atom stereocenters. The molecule has 6 rings (SSSR count). The summed E-state index contributed by atoms with van der Waals surface area (Å²) in [7, 11) is -0.303. The van der Waals surface area contributed by atoms with Gasteiger partial charge in [0.1, 0.15) is 17.1 Å². The standard InChI is InChI=1S/C33H41F3N7O6P/c1-5-48-50(45,49-6-2)20-21-7-8-25(28(15-21)46-4)39-32-37-16-24(33(34,35)36)30(40-32)38-26-9-10-27(23-18-41(3)31(44)29(23)26)43-12-11-42-13-14-47-19-22(42)17-43/h7-10,15-16,22H,5-6,11-14,17-20H2,1-4H3,(H2,37,38,39,40). The number of halogens is 3. The van der Waals surface area contributed by atoms with E-state index in [1.165, 1.54) is 7.11 Å². The van der Waals surface area contributed by atoms with E-state index >= 15 is 0 Å². The van der Waals surface area contributed by atoms with Gasteiger partial charge in [-0.1, -0.05) is 6.07 Å². The average Bonchev–Trinajstić information content (AvgIpc) is 3.38. The van der Waals surface area contributed by atoms with Crippen LogP contribution in [0.4, 0.5) is 42.0 Å². The maximum atomic E-state index is 14.3. The quantitative estimate of drug-likeness (QED) is 0.218. The van der Waals surface area contributed by atoms with Crippen molar-refractivity contribution in [2.75, 3.05) is 82.3 Å². The highest BCUT2D eigenvalue weighted by Gasteiger charge is 2.38. The number of nitrogens with zero attached hydrogens (tertiary/aromatic N) is 5. The predicted molar refractivity (Wildman–Crippen MR) is 182 cm³/mol. The topological polar surface area (TPSA) is 131 Å². The Labute approximate surface area is 288 Å². The van der Waals surface area contributed by atoms with Gasteiger partial charge in [-0.2, -0.15) is 18.2 Å². The first kappa shape index (κ1) is 35.9. The van der Waals surface area contributed by atoms with Crippen LogP contribution in [0.5, 0.6) is 5.75 Å². The van der Waals surface area contributed by atoms with Gasteiger partial charge in [0.25, 0.3) is 5.91 Å². The van der Waals surface area contributed by atoms with Crippen molar-refractivity contribution in [3.8, 4) is 5.75 Å². The number of methoxy groups -OCH3 is 1. The summed E-state index contributed by atoms with van der Waals surface area (Å²) in [4.78, 5) is 27.8. The minimum atomic E-state index is -4.79. The fourth-order valence-electron chi connectivity index (χ4n) is 6.58. The van der Waals surface area contributed by atoms with Crippen molar-refractivity contribution in [3.63, 3.8) is 0 Å². The molecule has 4 heterocycles. The number of amides is 1. The van der Waals surface area contributed by atoms with Gasteiger partial charge in [0.2, 0.25) is 5.95 Å². The van der Waals surface area contributed by atoms with Crippen molar-refractivity contribution in [1.82, 2.24) is 19.8 Å². The molecule has 0 spiro atoms. The molecule has 3 aliphatic heterocycles. The van der Waals surface area contributed by atoms with Crippen LogP contribution in [0.1, 0.15) is 40.9 Å². The number of alkyl halides is 3. The molecule has 0 aliphatic carbocycles. The Morgan fingerprint density at radius 2 is 1.82 bits per heavy atom. The van der Waals surface area contributed by atoms with E-state index in [0.29, 0.717) is 48.5 Å². The lowest BCUT2D eigenvalue weighted by Gasteiger charge is -2.45. The second kappa shape index (κ2) is 14.7. The van der Waals surface area contributed by atoms with Gasteiger partial charge in [-0.25, -0.2) is 4.98 Å². The molecular formula is C33H41F3N7O6P. The Morgan fingerprint density at radius 3 is 2.54 bits per heavy atom. The van der Waals surface area contributed by atoms with Crippen molar-refractivity contribution in [3.05, 3.63) is 58.8 Å². The molecule has 17 heteroatoms. The molecule has 2 saturated heterocycles. The van der Waals surface area contributed by atoms with E-state index in [2.05, 4.69) is 30.4 Å². The highest BCUT2D eigenvalue weighted by Crippen LogP contribution is 2.52. The fourth-order valence-corrected chi connectivity index (χ4v) is 8.27. The highest BCUT2D eigenvalue weighted by atomic mass is 31.2. The number of nitrogens with one attached hydrogen (secondary N) is 2.